The smallest absolute Gasteiger partial charge is 0.168 e. The number of benzene rings is 1. The molecule has 0 atom stereocenters. The van der Waals surface area contributed by atoms with Crippen LogP contribution in [0, 0.1) is 20.8 Å². The van der Waals surface area contributed by atoms with Gasteiger partial charge in [0, 0.05) is 11.6 Å². The normalized spacial score (nSPS) is 17.9. The molecular formula is C18H23NO2. The predicted molar refractivity (Wildman–Crippen MR) is 83.1 cm³/mol. The van der Waals surface area contributed by atoms with Gasteiger partial charge in [0.15, 0.2) is 5.76 Å². The summed E-state index contributed by atoms with van der Waals surface area (Å²) in [5, 5.41) is 15.0. The van der Waals surface area contributed by atoms with Crippen molar-refractivity contribution in [1.82, 2.24) is 5.16 Å². The first-order chi connectivity index (χ1) is 9.99. The number of hydrogen-bond acceptors (Lipinski definition) is 3. The van der Waals surface area contributed by atoms with Crippen molar-refractivity contribution in [2.75, 3.05) is 0 Å². The zero-order chi connectivity index (χ0) is 15.0. The summed E-state index contributed by atoms with van der Waals surface area (Å²) in [6.07, 6.45) is 4.84. The zero-order valence-corrected chi connectivity index (χ0v) is 13.1. The Morgan fingerprint density at radius 1 is 1.00 bits per heavy atom. The van der Waals surface area contributed by atoms with Crippen LogP contribution in [0.2, 0.25) is 0 Å². The molecule has 0 bridgehead atoms. The van der Waals surface area contributed by atoms with Crippen molar-refractivity contribution in [3.63, 3.8) is 0 Å². The van der Waals surface area contributed by atoms with E-state index in [0.717, 1.165) is 36.9 Å². The number of aliphatic hydroxyl groups is 1. The molecule has 0 spiro atoms. The highest BCUT2D eigenvalue weighted by molar-refractivity contribution is 5.68. The second-order valence-corrected chi connectivity index (χ2v) is 6.44. The van der Waals surface area contributed by atoms with E-state index in [0.29, 0.717) is 5.76 Å². The van der Waals surface area contributed by atoms with Crippen LogP contribution in [-0.2, 0) is 5.60 Å². The third kappa shape index (κ3) is 2.62. The summed E-state index contributed by atoms with van der Waals surface area (Å²) in [5.41, 5.74) is 4.78. The van der Waals surface area contributed by atoms with Gasteiger partial charge in [-0.2, -0.15) is 0 Å². The second kappa shape index (κ2) is 5.30. The minimum atomic E-state index is -0.823. The maximum atomic E-state index is 10.8. The van der Waals surface area contributed by atoms with Gasteiger partial charge >= 0.3 is 0 Å². The van der Waals surface area contributed by atoms with E-state index in [-0.39, 0.29) is 0 Å². The molecule has 3 heteroatoms. The monoisotopic (exact) mass is 285 g/mol. The van der Waals surface area contributed by atoms with Crippen molar-refractivity contribution in [1.29, 1.82) is 0 Å². The Morgan fingerprint density at radius 3 is 2.24 bits per heavy atom. The largest absolute Gasteiger partial charge is 0.382 e. The number of aromatic nitrogens is 1. The van der Waals surface area contributed by atoms with Crippen LogP contribution in [0.25, 0.3) is 11.3 Å². The molecule has 0 aliphatic heterocycles. The number of hydrogen-bond donors (Lipinski definition) is 1. The lowest BCUT2D eigenvalue weighted by Crippen LogP contribution is -2.27. The van der Waals surface area contributed by atoms with Gasteiger partial charge in [-0.25, -0.2) is 0 Å². The fourth-order valence-corrected chi connectivity index (χ4v) is 3.58. The molecule has 1 aromatic carbocycles. The van der Waals surface area contributed by atoms with Crippen molar-refractivity contribution in [3.8, 4) is 11.3 Å². The Labute approximate surface area is 126 Å². The molecule has 0 amide bonds. The van der Waals surface area contributed by atoms with Gasteiger partial charge in [-0.15, -0.1) is 0 Å². The van der Waals surface area contributed by atoms with E-state index in [1.807, 2.05) is 6.07 Å². The van der Waals surface area contributed by atoms with Gasteiger partial charge in [-0.3, -0.25) is 0 Å². The van der Waals surface area contributed by atoms with Gasteiger partial charge in [0.2, 0.25) is 0 Å². The first kappa shape index (κ1) is 14.3. The molecule has 1 heterocycles. The van der Waals surface area contributed by atoms with Crippen molar-refractivity contribution >= 4 is 0 Å². The molecule has 21 heavy (non-hydrogen) atoms. The zero-order valence-electron chi connectivity index (χ0n) is 13.1. The quantitative estimate of drug-likeness (QED) is 0.888. The van der Waals surface area contributed by atoms with E-state index in [2.05, 4.69) is 38.1 Å². The van der Waals surface area contributed by atoms with Gasteiger partial charge in [0.1, 0.15) is 11.3 Å². The van der Waals surface area contributed by atoms with Gasteiger partial charge in [-0.05, 0) is 44.7 Å². The fourth-order valence-electron chi connectivity index (χ4n) is 3.58. The number of rotatable bonds is 2. The fraction of sp³-hybridized carbons (Fsp3) is 0.500. The third-order valence-electron chi connectivity index (χ3n) is 4.58. The van der Waals surface area contributed by atoms with Crippen LogP contribution in [0.1, 0.15) is 54.6 Å². The number of nitrogens with zero attached hydrogens (tertiary/aromatic N) is 1. The average molecular weight is 285 g/mol. The molecule has 1 aliphatic rings. The van der Waals surface area contributed by atoms with Crippen LogP contribution in [0.3, 0.4) is 0 Å². The van der Waals surface area contributed by atoms with Crippen LogP contribution in [0.15, 0.2) is 22.7 Å². The molecule has 3 nitrogen and oxygen atoms in total. The summed E-state index contributed by atoms with van der Waals surface area (Å²) in [6.45, 7) is 6.29. The van der Waals surface area contributed by atoms with Gasteiger partial charge in [0.25, 0.3) is 0 Å². The Morgan fingerprint density at radius 2 is 1.62 bits per heavy atom. The molecule has 1 saturated carbocycles. The highest BCUT2D eigenvalue weighted by Crippen LogP contribution is 2.39. The van der Waals surface area contributed by atoms with Crippen LogP contribution in [-0.4, -0.2) is 10.3 Å². The minimum absolute atomic E-state index is 0.622. The Hall–Kier alpha value is -1.61. The lowest BCUT2D eigenvalue weighted by Gasteiger charge is -2.29. The van der Waals surface area contributed by atoms with Gasteiger partial charge in [-0.1, -0.05) is 42.1 Å². The molecule has 1 fully saturated rings. The van der Waals surface area contributed by atoms with Gasteiger partial charge in [0.05, 0.1) is 0 Å². The summed E-state index contributed by atoms with van der Waals surface area (Å²) >= 11 is 0. The lowest BCUT2D eigenvalue weighted by atomic mass is 9.83. The molecule has 3 rings (SSSR count). The summed E-state index contributed by atoms with van der Waals surface area (Å²) < 4.78 is 5.50. The van der Waals surface area contributed by atoms with Gasteiger partial charge < -0.3 is 9.63 Å². The van der Waals surface area contributed by atoms with E-state index in [4.69, 9.17) is 4.52 Å². The van der Waals surface area contributed by atoms with Crippen LogP contribution < -0.4 is 0 Å². The molecule has 0 unspecified atom stereocenters. The molecule has 112 valence electrons. The van der Waals surface area contributed by atoms with Crippen LogP contribution in [0.5, 0.6) is 0 Å². The van der Waals surface area contributed by atoms with Crippen molar-refractivity contribution in [3.05, 3.63) is 40.6 Å². The molecule has 1 N–H and O–H groups in total. The summed E-state index contributed by atoms with van der Waals surface area (Å²) in [6, 6.07) is 6.24. The predicted octanol–water partition coefficient (Wildman–Crippen LogP) is 4.42. The summed E-state index contributed by atoms with van der Waals surface area (Å²) in [7, 11) is 0. The minimum Gasteiger partial charge on any atom is -0.382 e. The highest BCUT2D eigenvalue weighted by Gasteiger charge is 2.35. The molecule has 2 aromatic rings. The average Bonchev–Trinajstić information content (AvgIpc) is 2.88. The standard InChI is InChI=1S/C18H23NO2/c1-12-9-13(2)17(14(3)10-12)15-11-16(21-19-15)18(20)7-5-4-6-8-18/h9-11,20H,4-8H2,1-3H3. The van der Waals surface area contributed by atoms with Crippen LogP contribution in [0.4, 0.5) is 0 Å². The first-order valence-electron chi connectivity index (χ1n) is 7.77. The SMILES string of the molecule is Cc1cc(C)c(-c2cc(C3(O)CCCCC3)on2)c(C)c1. The third-order valence-corrected chi connectivity index (χ3v) is 4.58. The van der Waals surface area contributed by atoms with E-state index in [1.54, 1.807) is 0 Å². The van der Waals surface area contributed by atoms with Crippen molar-refractivity contribution < 1.29 is 9.63 Å². The van der Waals surface area contributed by atoms with E-state index < -0.39 is 5.60 Å². The second-order valence-electron chi connectivity index (χ2n) is 6.44. The van der Waals surface area contributed by atoms with Crippen molar-refractivity contribution in [2.45, 2.75) is 58.5 Å². The Balaban J connectivity index is 1.99. The summed E-state index contributed by atoms with van der Waals surface area (Å²) in [4.78, 5) is 0. The first-order valence-corrected chi connectivity index (χ1v) is 7.77. The molecule has 0 saturated heterocycles. The van der Waals surface area contributed by atoms with E-state index in [1.165, 1.54) is 23.1 Å². The maximum absolute atomic E-state index is 10.8. The van der Waals surface area contributed by atoms with Crippen LogP contribution >= 0.6 is 0 Å². The van der Waals surface area contributed by atoms with E-state index in [9.17, 15) is 5.11 Å². The highest BCUT2D eigenvalue weighted by atomic mass is 16.5. The number of aryl methyl sites for hydroxylation is 3. The molecule has 1 aromatic heterocycles. The molecule has 1 aliphatic carbocycles. The maximum Gasteiger partial charge on any atom is 0.168 e. The Bertz CT molecular complexity index is 628. The molecule has 0 radical (unpaired) electrons. The molecular weight excluding hydrogens is 262 g/mol. The Kier molecular flexibility index (Phi) is 3.62. The summed E-state index contributed by atoms with van der Waals surface area (Å²) in [5.74, 6) is 0.622. The van der Waals surface area contributed by atoms with Crippen molar-refractivity contribution in [2.24, 2.45) is 0 Å². The lowest BCUT2D eigenvalue weighted by molar-refractivity contribution is -0.0241. The topological polar surface area (TPSA) is 46.3 Å². The van der Waals surface area contributed by atoms with E-state index >= 15 is 0 Å².